The van der Waals surface area contributed by atoms with Crippen LogP contribution >= 0.6 is 0 Å². The third kappa shape index (κ3) is 5.58. The molecule has 0 fully saturated rings. The third-order valence-electron chi connectivity index (χ3n) is 6.71. The van der Waals surface area contributed by atoms with Gasteiger partial charge in [0, 0.05) is 61.3 Å². The van der Waals surface area contributed by atoms with Crippen LogP contribution in [0.15, 0.2) is 36.5 Å². The van der Waals surface area contributed by atoms with E-state index in [1.165, 1.54) is 35.2 Å². The van der Waals surface area contributed by atoms with E-state index in [9.17, 15) is 10.1 Å². The molecule has 4 rings (SSSR count). The van der Waals surface area contributed by atoms with Crippen molar-refractivity contribution < 1.29 is 9.53 Å². The van der Waals surface area contributed by atoms with Crippen molar-refractivity contribution in [3.63, 3.8) is 0 Å². The van der Waals surface area contributed by atoms with Crippen molar-refractivity contribution in [2.75, 3.05) is 38.5 Å². The number of hydrogen-bond acceptors (Lipinski definition) is 7. The first kappa shape index (κ1) is 25.4. The lowest BCUT2D eigenvalue weighted by molar-refractivity contribution is 0.156. The Morgan fingerprint density at radius 1 is 1.17 bits per heavy atom. The number of carbonyl (C=O) groups is 1. The van der Waals surface area contributed by atoms with Crippen LogP contribution in [-0.2, 0) is 19.4 Å². The molecular formula is C28H34N6O2. The lowest BCUT2D eigenvalue weighted by Gasteiger charge is -2.24. The number of aromatic nitrogens is 2. The zero-order valence-electron chi connectivity index (χ0n) is 21.4. The monoisotopic (exact) mass is 486 g/mol. The number of amides is 1. The molecule has 0 aliphatic heterocycles. The Bertz CT molecular complexity index is 1260. The van der Waals surface area contributed by atoms with Crippen molar-refractivity contribution in [3.05, 3.63) is 59.0 Å². The number of carbonyl (C=O) groups excluding carboxylic acids is 1. The van der Waals surface area contributed by atoms with Gasteiger partial charge in [-0.15, -0.1) is 0 Å². The number of pyridine rings is 2. The zero-order chi connectivity index (χ0) is 25.5. The van der Waals surface area contributed by atoms with E-state index < -0.39 is 6.09 Å². The highest BCUT2D eigenvalue weighted by molar-refractivity contribution is 5.93. The molecule has 0 unspecified atom stereocenters. The van der Waals surface area contributed by atoms with Gasteiger partial charge in [-0.1, -0.05) is 18.2 Å². The lowest BCUT2D eigenvalue weighted by Crippen LogP contribution is -2.33. The third-order valence-corrected chi connectivity index (χ3v) is 6.71. The van der Waals surface area contributed by atoms with Gasteiger partial charge < -0.3 is 19.9 Å². The summed E-state index contributed by atoms with van der Waals surface area (Å²) in [5.41, 5.74) is 5.69. The number of rotatable bonds is 9. The number of fused-ring (bicyclic) bond motifs is 2. The second-order valence-electron chi connectivity index (χ2n) is 9.10. The van der Waals surface area contributed by atoms with Gasteiger partial charge in [0.25, 0.3) is 0 Å². The van der Waals surface area contributed by atoms with Gasteiger partial charge in [-0.05, 0) is 64.3 Å². The summed E-state index contributed by atoms with van der Waals surface area (Å²) in [6, 6.07) is 12.2. The highest BCUT2D eigenvalue weighted by atomic mass is 16.6. The van der Waals surface area contributed by atoms with Gasteiger partial charge in [0.15, 0.2) is 11.4 Å². The Morgan fingerprint density at radius 2 is 1.94 bits per heavy atom. The Hall–Kier alpha value is -3.70. The molecule has 1 aromatic carbocycles. The van der Waals surface area contributed by atoms with Crippen molar-refractivity contribution in [2.24, 2.45) is 0 Å². The van der Waals surface area contributed by atoms with E-state index in [0.29, 0.717) is 19.6 Å². The van der Waals surface area contributed by atoms with E-state index in [0.717, 1.165) is 37.0 Å². The Labute approximate surface area is 212 Å². The first-order valence-electron chi connectivity index (χ1n) is 12.7. The molecule has 188 valence electrons. The van der Waals surface area contributed by atoms with Crippen molar-refractivity contribution in [1.29, 1.82) is 5.26 Å². The van der Waals surface area contributed by atoms with Gasteiger partial charge in [0.2, 0.25) is 0 Å². The van der Waals surface area contributed by atoms with E-state index >= 15 is 0 Å². The van der Waals surface area contributed by atoms with Gasteiger partial charge in [0.1, 0.15) is 6.07 Å². The fourth-order valence-corrected chi connectivity index (χ4v) is 4.76. The molecule has 1 aliphatic rings. The molecule has 2 heterocycles. The summed E-state index contributed by atoms with van der Waals surface area (Å²) in [4.78, 5) is 25.3. The number of aryl methyl sites for hydroxylation is 1. The minimum Gasteiger partial charge on any atom is -0.407 e. The number of hydrogen-bond donors (Lipinski definition) is 1. The van der Waals surface area contributed by atoms with E-state index in [1.54, 1.807) is 11.1 Å². The molecule has 0 saturated carbocycles. The van der Waals surface area contributed by atoms with E-state index in [2.05, 4.69) is 39.5 Å². The molecule has 3 aromatic rings. The van der Waals surface area contributed by atoms with Crippen LogP contribution in [0.25, 0.3) is 10.9 Å². The maximum atomic E-state index is 12.6. The second kappa shape index (κ2) is 11.8. The number of para-hydroxylation sites is 1. The van der Waals surface area contributed by atoms with Gasteiger partial charge >= 0.3 is 6.09 Å². The lowest BCUT2D eigenvalue weighted by atomic mass is 9.92. The highest BCUT2D eigenvalue weighted by Crippen LogP contribution is 2.33. The molecule has 1 aliphatic carbocycles. The van der Waals surface area contributed by atoms with Gasteiger partial charge in [-0.3, -0.25) is 4.98 Å². The molecule has 8 heteroatoms. The first-order chi connectivity index (χ1) is 17.5. The van der Waals surface area contributed by atoms with Gasteiger partial charge in [-0.2, -0.15) is 5.26 Å². The summed E-state index contributed by atoms with van der Waals surface area (Å²) in [6.07, 6.45) is 5.60. The number of nitriles is 1. The van der Waals surface area contributed by atoms with Crippen LogP contribution in [0.2, 0.25) is 0 Å². The summed E-state index contributed by atoms with van der Waals surface area (Å²) < 4.78 is 5.65. The highest BCUT2D eigenvalue weighted by Gasteiger charge is 2.20. The number of nitrogens with one attached hydrogen (secondary N) is 1. The summed E-state index contributed by atoms with van der Waals surface area (Å²) in [6.45, 7) is 6.89. The van der Waals surface area contributed by atoms with Crippen LogP contribution < -0.4 is 10.1 Å². The molecule has 8 nitrogen and oxygen atoms in total. The first-order valence-corrected chi connectivity index (χ1v) is 12.7. The molecule has 0 spiro atoms. The van der Waals surface area contributed by atoms with Crippen molar-refractivity contribution >= 4 is 22.7 Å². The maximum absolute atomic E-state index is 12.6. The summed E-state index contributed by atoms with van der Waals surface area (Å²) in [7, 11) is 2.02. The Balaban J connectivity index is 1.46. The minimum atomic E-state index is -0.468. The number of anilines is 1. The fourth-order valence-electron chi connectivity index (χ4n) is 4.76. The number of nitrogens with zero attached hydrogens (tertiary/aromatic N) is 5. The molecule has 1 amide bonds. The molecule has 0 atom stereocenters. The summed E-state index contributed by atoms with van der Waals surface area (Å²) in [5.74, 6) is 0.242. The standard InChI is InChI=1S/C28H34N6O2/c1-4-34(5-2)28(35)36-27-20(14-15-30-25(27)18-29)19-33(3)17-16-31-26-21-10-6-8-12-23(21)32-24-13-9-7-11-22(24)26/h6,8,10,12,14-15H,4-5,7,9,11,13,16-17,19H2,1-3H3,(H,31,32). The predicted molar refractivity (Wildman–Crippen MR) is 141 cm³/mol. The molecule has 2 aromatic heterocycles. The van der Waals surface area contributed by atoms with Crippen LogP contribution in [0.1, 0.15) is 49.2 Å². The van der Waals surface area contributed by atoms with Crippen LogP contribution in [-0.4, -0.2) is 59.1 Å². The van der Waals surface area contributed by atoms with E-state index in [-0.39, 0.29) is 11.4 Å². The number of benzene rings is 1. The fraction of sp³-hybridized carbons (Fsp3) is 0.429. The Morgan fingerprint density at radius 3 is 2.72 bits per heavy atom. The molecule has 36 heavy (non-hydrogen) atoms. The SMILES string of the molecule is CCN(CC)C(=O)Oc1c(CN(C)CCNc2c3c(nc4ccccc24)CCCC3)ccnc1C#N. The Kier molecular flexibility index (Phi) is 8.34. The van der Waals surface area contributed by atoms with E-state index in [4.69, 9.17) is 9.72 Å². The van der Waals surface area contributed by atoms with Gasteiger partial charge in [0.05, 0.1) is 5.52 Å². The van der Waals surface area contributed by atoms with Gasteiger partial charge in [-0.25, -0.2) is 9.78 Å². The number of likely N-dealkylation sites (N-methyl/N-ethyl adjacent to an activating group) is 1. The molecule has 0 bridgehead atoms. The topological polar surface area (TPSA) is 94.4 Å². The second-order valence-corrected chi connectivity index (χ2v) is 9.10. The smallest absolute Gasteiger partial charge is 0.407 e. The quantitative estimate of drug-likeness (QED) is 0.466. The average Bonchev–Trinajstić information content (AvgIpc) is 2.90. The van der Waals surface area contributed by atoms with Crippen LogP contribution in [0.4, 0.5) is 10.5 Å². The molecule has 0 radical (unpaired) electrons. The van der Waals surface area contributed by atoms with E-state index in [1.807, 2.05) is 33.0 Å². The van der Waals surface area contributed by atoms with Crippen LogP contribution in [0, 0.1) is 11.3 Å². The minimum absolute atomic E-state index is 0.120. The number of ether oxygens (including phenoxy) is 1. The van der Waals surface area contributed by atoms with Crippen molar-refractivity contribution in [2.45, 2.75) is 46.1 Å². The predicted octanol–water partition coefficient (Wildman–Crippen LogP) is 4.76. The normalized spacial score (nSPS) is 12.8. The summed E-state index contributed by atoms with van der Waals surface area (Å²) >= 11 is 0. The largest absolute Gasteiger partial charge is 0.415 e. The zero-order valence-corrected chi connectivity index (χ0v) is 21.4. The van der Waals surface area contributed by atoms with Crippen LogP contribution in [0.3, 0.4) is 0 Å². The molecule has 1 N–H and O–H groups in total. The average molecular weight is 487 g/mol. The molecular weight excluding hydrogens is 452 g/mol. The maximum Gasteiger partial charge on any atom is 0.415 e. The van der Waals surface area contributed by atoms with Crippen molar-refractivity contribution in [1.82, 2.24) is 19.8 Å². The van der Waals surface area contributed by atoms with Crippen LogP contribution in [0.5, 0.6) is 5.75 Å². The summed E-state index contributed by atoms with van der Waals surface area (Å²) in [5, 5.41) is 14.4. The van der Waals surface area contributed by atoms with Crippen molar-refractivity contribution in [3.8, 4) is 11.8 Å². The molecule has 0 saturated heterocycles.